The molecule has 30 heavy (non-hydrogen) atoms. The number of carbonyl (C=O) groups is 1. The zero-order chi connectivity index (χ0) is 21.8. The molecule has 0 spiro atoms. The number of benzene rings is 2. The highest BCUT2D eigenvalue weighted by Gasteiger charge is 2.28. The SMILES string of the molecule is CC1Cc2cc(-c3cn(C(=O)OC(C)(C)C)c4cc(F)ccc34)ccc2S(=O)(=O)N1. The minimum atomic E-state index is -3.55. The quantitative estimate of drug-likeness (QED) is 0.619. The molecule has 0 bridgehead atoms. The highest BCUT2D eigenvalue weighted by atomic mass is 32.2. The van der Waals surface area contributed by atoms with Gasteiger partial charge in [-0.25, -0.2) is 22.3 Å². The van der Waals surface area contributed by atoms with Gasteiger partial charge in [0.25, 0.3) is 0 Å². The largest absolute Gasteiger partial charge is 0.443 e. The molecule has 0 radical (unpaired) electrons. The lowest BCUT2D eigenvalue weighted by molar-refractivity contribution is 0.0544. The molecular weight excluding hydrogens is 407 g/mol. The van der Waals surface area contributed by atoms with Crippen molar-refractivity contribution in [2.45, 2.75) is 50.7 Å². The number of aromatic nitrogens is 1. The monoisotopic (exact) mass is 430 g/mol. The van der Waals surface area contributed by atoms with Crippen LogP contribution in [0, 0.1) is 5.82 Å². The molecule has 8 heteroatoms. The van der Waals surface area contributed by atoms with Gasteiger partial charge in [0.1, 0.15) is 11.4 Å². The van der Waals surface area contributed by atoms with Gasteiger partial charge in [0.15, 0.2) is 0 Å². The highest BCUT2D eigenvalue weighted by molar-refractivity contribution is 7.89. The van der Waals surface area contributed by atoms with Crippen molar-refractivity contribution in [3.05, 3.63) is 54.0 Å². The van der Waals surface area contributed by atoms with Crippen LogP contribution in [-0.2, 0) is 21.2 Å². The molecule has 0 saturated carbocycles. The maximum atomic E-state index is 13.9. The van der Waals surface area contributed by atoms with Crippen molar-refractivity contribution in [2.75, 3.05) is 0 Å². The van der Waals surface area contributed by atoms with Crippen LogP contribution in [0.5, 0.6) is 0 Å². The number of nitrogens with zero attached hydrogens (tertiary/aromatic N) is 1. The Bertz CT molecular complexity index is 1270. The van der Waals surface area contributed by atoms with Crippen LogP contribution in [0.3, 0.4) is 0 Å². The average Bonchev–Trinajstić information content (AvgIpc) is 2.97. The molecule has 1 unspecified atom stereocenters. The van der Waals surface area contributed by atoms with Crippen LogP contribution in [0.1, 0.15) is 33.3 Å². The van der Waals surface area contributed by atoms with E-state index in [0.717, 1.165) is 5.56 Å². The first-order valence-corrected chi connectivity index (χ1v) is 11.1. The van der Waals surface area contributed by atoms with Crippen LogP contribution in [0.2, 0.25) is 0 Å². The summed E-state index contributed by atoms with van der Waals surface area (Å²) in [4.78, 5) is 13.0. The maximum absolute atomic E-state index is 13.9. The number of fused-ring (bicyclic) bond motifs is 2. The van der Waals surface area contributed by atoms with Crippen molar-refractivity contribution in [2.24, 2.45) is 0 Å². The summed E-state index contributed by atoms with van der Waals surface area (Å²) >= 11 is 0. The predicted molar refractivity (Wildman–Crippen MR) is 112 cm³/mol. The number of sulfonamides is 1. The molecule has 1 aliphatic heterocycles. The van der Waals surface area contributed by atoms with Crippen molar-refractivity contribution in [3.8, 4) is 11.1 Å². The Morgan fingerprint density at radius 2 is 1.93 bits per heavy atom. The van der Waals surface area contributed by atoms with Gasteiger partial charge >= 0.3 is 6.09 Å². The molecule has 0 fully saturated rings. The Balaban J connectivity index is 1.88. The van der Waals surface area contributed by atoms with Crippen LogP contribution in [-0.4, -0.2) is 30.7 Å². The fourth-order valence-electron chi connectivity index (χ4n) is 3.76. The highest BCUT2D eigenvalue weighted by Crippen LogP contribution is 2.34. The average molecular weight is 431 g/mol. The minimum Gasteiger partial charge on any atom is -0.443 e. The lowest BCUT2D eigenvalue weighted by atomic mass is 9.99. The normalized spacial score (nSPS) is 18.2. The number of carbonyl (C=O) groups excluding carboxylic acids is 1. The van der Waals surface area contributed by atoms with Gasteiger partial charge in [0.2, 0.25) is 10.0 Å². The minimum absolute atomic E-state index is 0.213. The summed E-state index contributed by atoms with van der Waals surface area (Å²) in [6, 6.07) is 9.11. The van der Waals surface area contributed by atoms with Gasteiger partial charge in [-0.2, -0.15) is 0 Å². The van der Waals surface area contributed by atoms with Gasteiger partial charge < -0.3 is 4.74 Å². The summed E-state index contributed by atoms with van der Waals surface area (Å²) in [6.45, 7) is 7.09. The van der Waals surface area contributed by atoms with Crippen LogP contribution >= 0.6 is 0 Å². The van der Waals surface area contributed by atoms with Crippen molar-refractivity contribution in [3.63, 3.8) is 0 Å². The van der Waals surface area contributed by atoms with E-state index in [0.29, 0.717) is 28.5 Å². The number of halogens is 1. The third-order valence-electron chi connectivity index (χ3n) is 4.90. The Hall–Kier alpha value is -2.71. The van der Waals surface area contributed by atoms with Crippen LogP contribution in [0.4, 0.5) is 9.18 Å². The molecule has 4 rings (SSSR count). The number of hydrogen-bond donors (Lipinski definition) is 1. The molecule has 158 valence electrons. The van der Waals surface area contributed by atoms with Gasteiger partial charge in [0.05, 0.1) is 10.4 Å². The smallest absolute Gasteiger partial charge is 0.419 e. The van der Waals surface area contributed by atoms with Gasteiger partial charge in [-0.15, -0.1) is 0 Å². The molecule has 1 aromatic heterocycles. The van der Waals surface area contributed by atoms with E-state index in [1.807, 2.05) is 13.0 Å². The lowest BCUT2D eigenvalue weighted by Crippen LogP contribution is -2.38. The lowest BCUT2D eigenvalue weighted by Gasteiger charge is -2.23. The van der Waals surface area contributed by atoms with Crippen molar-refractivity contribution >= 4 is 27.0 Å². The molecule has 3 aromatic rings. The van der Waals surface area contributed by atoms with Gasteiger partial charge in [-0.3, -0.25) is 4.57 Å². The van der Waals surface area contributed by atoms with E-state index in [1.54, 1.807) is 45.2 Å². The van der Waals surface area contributed by atoms with E-state index < -0.39 is 27.5 Å². The zero-order valence-electron chi connectivity index (χ0n) is 17.2. The van der Waals surface area contributed by atoms with Crippen molar-refractivity contribution in [1.82, 2.24) is 9.29 Å². The summed E-state index contributed by atoms with van der Waals surface area (Å²) in [7, 11) is -3.55. The number of ether oxygens (including phenoxy) is 1. The summed E-state index contributed by atoms with van der Waals surface area (Å²) in [5.41, 5.74) is 1.84. The van der Waals surface area contributed by atoms with E-state index in [1.165, 1.54) is 16.7 Å². The molecule has 0 aliphatic carbocycles. The molecule has 1 N–H and O–H groups in total. The second-order valence-electron chi connectivity index (χ2n) is 8.60. The second-order valence-corrected chi connectivity index (χ2v) is 10.3. The number of nitrogens with one attached hydrogen (secondary N) is 1. The number of rotatable bonds is 1. The molecule has 6 nitrogen and oxygen atoms in total. The van der Waals surface area contributed by atoms with E-state index in [9.17, 15) is 17.6 Å². The van der Waals surface area contributed by atoms with E-state index in [4.69, 9.17) is 4.74 Å². The molecule has 1 atom stereocenters. The topological polar surface area (TPSA) is 77.4 Å². The number of hydrogen-bond acceptors (Lipinski definition) is 4. The van der Waals surface area contributed by atoms with Gasteiger partial charge in [0, 0.05) is 23.2 Å². The van der Waals surface area contributed by atoms with E-state index in [-0.39, 0.29) is 10.9 Å². The molecule has 0 amide bonds. The molecule has 2 aromatic carbocycles. The Morgan fingerprint density at radius 3 is 2.63 bits per heavy atom. The molecule has 1 aliphatic rings. The maximum Gasteiger partial charge on any atom is 0.419 e. The van der Waals surface area contributed by atoms with Crippen molar-refractivity contribution < 1.29 is 22.3 Å². The molecular formula is C22H23FN2O4S. The van der Waals surface area contributed by atoms with Crippen molar-refractivity contribution in [1.29, 1.82) is 0 Å². The first-order chi connectivity index (χ1) is 13.9. The van der Waals surface area contributed by atoms with Crippen LogP contribution in [0.15, 0.2) is 47.5 Å². The Morgan fingerprint density at radius 1 is 1.20 bits per heavy atom. The van der Waals surface area contributed by atoms with Crippen LogP contribution in [0.25, 0.3) is 22.0 Å². The van der Waals surface area contributed by atoms with E-state index in [2.05, 4.69) is 4.72 Å². The fourth-order valence-corrected chi connectivity index (χ4v) is 5.24. The Labute approximate surface area is 174 Å². The molecule has 2 heterocycles. The first kappa shape index (κ1) is 20.6. The second kappa shape index (κ2) is 6.92. The third-order valence-corrected chi connectivity index (χ3v) is 6.59. The molecule has 0 saturated heterocycles. The van der Waals surface area contributed by atoms with Gasteiger partial charge in [-0.1, -0.05) is 6.07 Å². The predicted octanol–water partition coefficient (Wildman–Crippen LogP) is 4.45. The first-order valence-electron chi connectivity index (χ1n) is 9.64. The summed E-state index contributed by atoms with van der Waals surface area (Å²) in [5.74, 6) is -0.464. The van der Waals surface area contributed by atoms with E-state index >= 15 is 0 Å². The summed E-state index contributed by atoms with van der Waals surface area (Å²) in [5, 5.41) is 0.673. The summed E-state index contributed by atoms with van der Waals surface area (Å²) in [6.07, 6.45) is 1.56. The fraction of sp³-hybridized carbons (Fsp3) is 0.318. The van der Waals surface area contributed by atoms with Gasteiger partial charge in [-0.05, 0) is 75.6 Å². The summed E-state index contributed by atoms with van der Waals surface area (Å²) < 4.78 is 48.1. The zero-order valence-corrected chi connectivity index (χ0v) is 18.0. The van der Waals surface area contributed by atoms with Crippen LogP contribution < -0.4 is 4.72 Å². The standard InChI is InChI=1S/C22H23FN2O4S/c1-13-9-15-10-14(5-8-20(15)30(27,28)24-13)18-12-25(21(26)29-22(2,3)4)19-11-16(23)6-7-17(18)19/h5-8,10-13,24H,9H2,1-4H3. The Kier molecular flexibility index (Phi) is 4.74. The third kappa shape index (κ3) is 3.73.